The zero-order valence-electron chi connectivity index (χ0n) is 11.8. The Bertz CT molecular complexity index is 561. The van der Waals surface area contributed by atoms with E-state index in [1.165, 1.54) is 6.20 Å². The van der Waals surface area contributed by atoms with Crippen molar-refractivity contribution in [1.82, 2.24) is 5.32 Å². The van der Waals surface area contributed by atoms with Gasteiger partial charge in [-0.1, -0.05) is 24.6 Å². The molecule has 0 aliphatic rings. The lowest BCUT2D eigenvalue weighted by Gasteiger charge is -2.11. The average molecular weight is 292 g/mol. The van der Waals surface area contributed by atoms with Crippen molar-refractivity contribution in [2.45, 2.75) is 33.2 Å². The smallest absolute Gasteiger partial charge is 0.263 e. The number of nitriles is 1. The van der Waals surface area contributed by atoms with Crippen LogP contribution in [0.15, 0.2) is 30.0 Å². The number of anilines is 1. The van der Waals surface area contributed by atoms with Gasteiger partial charge in [0.1, 0.15) is 11.6 Å². The van der Waals surface area contributed by atoms with Crippen LogP contribution in [0.1, 0.15) is 25.8 Å². The Morgan fingerprint density at radius 1 is 1.55 bits per heavy atom. The van der Waals surface area contributed by atoms with Crippen LogP contribution in [0.2, 0.25) is 5.02 Å². The topological polar surface area (TPSA) is 64.9 Å². The van der Waals surface area contributed by atoms with Crippen LogP contribution in [0.3, 0.4) is 0 Å². The van der Waals surface area contributed by atoms with Crippen LogP contribution >= 0.6 is 11.6 Å². The molecule has 0 heterocycles. The molecular formula is C15H18ClN3O. The van der Waals surface area contributed by atoms with Crippen LogP contribution in [0.4, 0.5) is 5.69 Å². The summed E-state index contributed by atoms with van der Waals surface area (Å²) in [7, 11) is 0. The van der Waals surface area contributed by atoms with Crippen LogP contribution in [-0.2, 0) is 4.79 Å². The summed E-state index contributed by atoms with van der Waals surface area (Å²) < 4.78 is 0. The van der Waals surface area contributed by atoms with Gasteiger partial charge in [-0.3, -0.25) is 4.79 Å². The number of hydrogen-bond donors (Lipinski definition) is 2. The van der Waals surface area contributed by atoms with Crippen molar-refractivity contribution >= 4 is 23.2 Å². The number of nitrogens with zero attached hydrogens (tertiary/aromatic N) is 1. The minimum Gasteiger partial charge on any atom is -0.360 e. The number of carbonyl (C=O) groups is 1. The molecule has 1 unspecified atom stereocenters. The van der Waals surface area contributed by atoms with Crippen molar-refractivity contribution in [3.63, 3.8) is 0 Å². The molecule has 106 valence electrons. The lowest BCUT2D eigenvalue weighted by atomic mass is 10.2. The summed E-state index contributed by atoms with van der Waals surface area (Å²) in [5.74, 6) is -0.381. The summed E-state index contributed by atoms with van der Waals surface area (Å²) in [5.41, 5.74) is 1.66. The van der Waals surface area contributed by atoms with E-state index in [1.54, 1.807) is 12.1 Å². The SMILES string of the molecule is CCC(C)NC(=O)/C(C#N)=C\Nc1cccc(Cl)c1C. The number of carbonyl (C=O) groups excluding carboxylic acids is 1. The molecule has 1 atom stereocenters. The molecule has 0 saturated heterocycles. The maximum absolute atomic E-state index is 11.8. The minimum absolute atomic E-state index is 0.0321. The van der Waals surface area contributed by atoms with Gasteiger partial charge in [0.2, 0.25) is 0 Å². The molecule has 0 aliphatic heterocycles. The molecule has 1 rings (SSSR count). The highest BCUT2D eigenvalue weighted by molar-refractivity contribution is 6.31. The maximum Gasteiger partial charge on any atom is 0.263 e. The van der Waals surface area contributed by atoms with Crippen LogP contribution < -0.4 is 10.6 Å². The second-order valence-corrected chi connectivity index (χ2v) is 4.92. The number of rotatable bonds is 5. The third kappa shape index (κ3) is 4.29. The molecule has 4 nitrogen and oxygen atoms in total. The molecule has 1 amide bonds. The first-order valence-electron chi connectivity index (χ1n) is 6.42. The zero-order chi connectivity index (χ0) is 15.1. The van der Waals surface area contributed by atoms with Gasteiger partial charge in [-0.25, -0.2) is 0 Å². The van der Waals surface area contributed by atoms with Crippen LogP contribution in [0.25, 0.3) is 0 Å². The fourth-order valence-corrected chi connectivity index (χ4v) is 1.64. The van der Waals surface area contributed by atoms with E-state index in [4.69, 9.17) is 16.9 Å². The van der Waals surface area contributed by atoms with Gasteiger partial charge in [-0.05, 0) is 38.0 Å². The Balaban J connectivity index is 2.83. The van der Waals surface area contributed by atoms with Crippen molar-refractivity contribution < 1.29 is 4.79 Å². The summed E-state index contributed by atoms with van der Waals surface area (Å²) in [6, 6.07) is 7.34. The lowest BCUT2D eigenvalue weighted by Crippen LogP contribution is -2.33. The highest BCUT2D eigenvalue weighted by atomic mass is 35.5. The van der Waals surface area contributed by atoms with E-state index < -0.39 is 0 Å². The summed E-state index contributed by atoms with van der Waals surface area (Å²) in [6.45, 7) is 5.72. The van der Waals surface area contributed by atoms with Crippen LogP contribution in [0.5, 0.6) is 0 Å². The number of benzene rings is 1. The Morgan fingerprint density at radius 2 is 2.25 bits per heavy atom. The van der Waals surface area contributed by atoms with E-state index in [0.29, 0.717) is 5.02 Å². The standard InChI is InChI=1S/C15H18ClN3O/c1-4-10(2)19-15(20)12(8-17)9-18-14-7-5-6-13(16)11(14)3/h5-7,9-10,18H,4H2,1-3H3,(H,19,20)/b12-9-. The second-order valence-electron chi connectivity index (χ2n) is 4.51. The van der Waals surface area contributed by atoms with Crippen molar-refractivity contribution in [1.29, 1.82) is 5.26 Å². The number of halogens is 1. The fraction of sp³-hybridized carbons (Fsp3) is 0.333. The first-order valence-corrected chi connectivity index (χ1v) is 6.80. The third-order valence-corrected chi connectivity index (χ3v) is 3.40. The fourth-order valence-electron chi connectivity index (χ4n) is 1.47. The highest BCUT2D eigenvalue weighted by Crippen LogP contribution is 2.23. The summed E-state index contributed by atoms with van der Waals surface area (Å²) >= 11 is 6.01. The molecule has 1 aromatic rings. The molecule has 5 heteroatoms. The van der Waals surface area contributed by atoms with Crippen LogP contribution in [0, 0.1) is 18.3 Å². The van der Waals surface area contributed by atoms with Gasteiger partial charge in [0.05, 0.1) is 0 Å². The van der Waals surface area contributed by atoms with Gasteiger partial charge < -0.3 is 10.6 Å². The van der Waals surface area contributed by atoms with Gasteiger partial charge in [0, 0.05) is 23.0 Å². The molecule has 1 aromatic carbocycles. The predicted molar refractivity (Wildman–Crippen MR) is 81.4 cm³/mol. The van der Waals surface area contributed by atoms with E-state index in [-0.39, 0.29) is 17.5 Å². The molecular weight excluding hydrogens is 274 g/mol. The molecule has 0 spiro atoms. The third-order valence-electron chi connectivity index (χ3n) is 2.99. The second kappa shape index (κ2) is 7.56. The van der Waals surface area contributed by atoms with Crippen molar-refractivity contribution in [3.8, 4) is 6.07 Å². The van der Waals surface area contributed by atoms with Crippen molar-refractivity contribution in [2.75, 3.05) is 5.32 Å². The summed E-state index contributed by atoms with van der Waals surface area (Å²) in [5, 5.41) is 15.4. The van der Waals surface area contributed by atoms with Gasteiger partial charge in [-0.15, -0.1) is 0 Å². The van der Waals surface area contributed by atoms with Gasteiger partial charge >= 0.3 is 0 Å². The molecule has 0 bridgehead atoms. The average Bonchev–Trinajstić information content (AvgIpc) is 2.43. The molecule has 0 saturated carbocycles. The van der Waals surface area contributed by atoms with Crippen molar-refractivity contribution in [2.24, 2.45) is 0 Å². The largest absolute Gasteiger partial charge is 0.360 e. The monoisotopic (exact) mass is 291 g/mol. The van der Waals surface area contributed by atoms with E-state index >= 15 is 0 Å². The summed E-state index contributed by atoms with van der Waals surface area (Å²) in [4.78, 5) is 11.8. The highest BCUT2D eigenvalue weighted by Gasteiger charge is 2.11. The first-order chi connectivity index (χ1) is 9.49. The van der Waals surface area contributed by atoms with Gasteiger partial charge in [0.15, 0.2) is 0 Å². The van der Waals surface area contributed by atoms with Gasteiger partial charge in [0.25, 0.3) is 5.91 Å². The molecule has 0 fully saturated rings. The normalized spacial score (nSPS) is 12.4. The van der Waals surface area contributed by atoms with E-state index in [1.807, 2.05) is 32.9 Å². The minimum atomic E-state index is -0.381. The Labute approximate surface area is 124 Å². The quantitative estimate of drug-likeness (QED) is 0.645. The lowest BCUT2D eigenvalue weighted by molar-refractivity contribution is -0.117. The van der Waals surface area contributed by atoms with Gasteiger partial charge in [-0.2, -0.15) is 5.26 Å². The Kier molecular flexibility index (Phi) is 6.08. The van der Waals surface area contributed by atoms with E-state index in [9.17, 15) is 4.79 Å². The maximum atomic E-state index is 11.8. The predicted octanol–water partition coefficient (Wildman–Crippen LogP) is 3.38. The number of nitrogens with one attached hydrogen (secondary N) is 2. The molecule has 20 heavy (non-hydrogen) atoms. The first kappa shape index (κ1) is 16.1. The van der Waals surface area contributed by atoms with Crippen molar-refractivity contribution in [3.05, 3.63) is 40.6 Å². The number of amides is 1. The van der Waals surface area contributed by atoms with Crippen LogP contribution in [-0.4, -0.2) is 11.9 Å². The molecule has 0 aromatic heterocycles. The molecule has 0 radical (unpaired) electrons. The van der Waals surface area contributed by atoms with E-state index in [2.05, 4.69) is 10.6 Å². The Morgan fingerprint density at radius 3 is 2.85 bits per heavy atom. The molecule has 0 aliphatic carbocycles. The Hall–Kier alpha value is -1.99. The zero-order valence-corrected chi connectivity index (χ0v) is 12.6. The molecule has 2 N–H and O–H groups in total. The number of hydrogen-bond acceptors (Lipinski definition) is 3. The van der Waals surface area contributed by atoms with E-state index in [0.717, 1.165) is 17.7 Å². The summed E-state index contributed by atoms with van der Waals surface area (Å²) in [6.07, 6.45) is 2.21.